The summed E-state index contributed by atoms with van der Waals surface area (Å²) >= 11 is 0. The van der Waals surface area contributed by atoms with Crippen molar-refractivity contribution in [1.29, 1.82) is 0 Å². The monoisotopic (exact) mass is 278 g/mol. The van der Waals surface area contributed by atoms with Crippen LogP contribution in [0, 0.1) is 13.8 Å². The van der Waals surface area contributed by atoms with Gasteiger partial charge in [-0.3, -0.25) is 4.55 Å². The molecule has 0 aliphatic rings. The van der Waals surface area contributed by atoms with Crippen molar-refractivity contribution in [1.82, 2.24) is 0 Å². The molecule has 0 fully saturated rings. The molecule has 0 spiro atoms. The lowest BCUT2D eigenvalue weighted by Gasteiger charge is -2.12. The van der Waals surface area contributed by atoms with E-state index in [1.165, 1.54) is 11.6 Å². The van der Waals surface area contributed by atoms with Crippen LogP contribution in [-0.4, -0.2) is 13.0 Å². The van der Waals surface area contributed by atoms with Crippen molar-refractivity contribution < 1.29 is 13.0 Å². The summed E-state index contributed by atoms with van der Waals surface area (Å²) < 4.78 is 31.8. The lowest BCUT2D eigenvalue weighted by molar-refractivity contribution is 0.483. The van der Waals surface area contributed by atoms with E-state index >= 15 is 0 Å². The van der Waals surface area contributed by atoms with Crippen molar-refractivity contribution in [3.05, 3.63) is 41.0 Å². The minimum Gasteiger partial charge on any atom is -0.282 e. The molecule has 2 aromatic rings. The normalized spacial score (nSPS) is 12.0. The van der Waals surface area contributed by atoms with Crippen LogP contribution in [0.5, 0.6) is 0 Å². The molecule has 102 valence electrons. The molecular weight excluding hydrogens is 260 g/mol. The highest BCUT2D eigenvalue weighted by molar-refractivity contribution is 7.85. The minimum atomic E-state index is -4.16. The third-order valence-electron chi connectivity index (χ3n) is 3.51. The molecule has 0 aliphatic heterocycles. The van der Waals surface area contributed by atoms with Crippen LogP contribution in [0.3, 0.4) is 0 Å². The number of fused-ring (bicyclic) bond motifs is 1. The van der Waals surface area contributed by atoms with Gasteiger partial charge in [0, 0.05) is 0 Å². The SMILES string of the molecule is CCCc1ccc2c(C)cc(S(=O)(=O)O)cc2c1C. The summed E-state index contributed by atoms with van der Waals surface area (Å²) in [5, 5.41) is 1.93. The number of rotatable bonds is 3. The molecule has 0 heterocycles. The molecule has 4 heteroatoms. The average Bonchev–Trinajstić information content (AvgIpc) is 2.32. The molecule has 0 saturated heterocycles. The third-order valence-corrected chi connectivity index (χ3v) is 4.35. The Morgan fingerprint density at radius 2 is 1.79 bits per heavy atom. The van der Waals surface area contributed by atoms with Crippen molar-refractivity contribution in [2.24, 2.45) is 0 Å². The second kappa shape index (κ2) is 4.94. The van der Waals surface area contributed by atoms with E-state index < -0.39 is 10.1 Å². The molecule has 0 radical (unpaired) electrons. The fourth-order valence-corrected chi connectivity index (χ4v) is 3.06. The van der Waals surface area contributed by atoms with Crippen LogP contribution >= 0.6 is 0 Å². The Bertz CT molecular complexity index is 731. The highest BCUT2D eigenvalue weighted by atomic mass is 32.2. The topological polar surface area (TPSA) is 54.4 Å². The Labute approximate surface area is 114 Å². The Hall–Kier alpha value is -1.39. The second-order valence-electron chi connectivity index (χ2n) is 4.91. The van der Waals surface area contributed by atoms with Crippen molar-refractivity contribution in [3.63, 3.8) is 0 Å². The van der Waals surface area contributed by atoms with Crippen LogP contribution in [0.2, 0.25) is 0 Å². The number of aryl methyl sites for hydroxylation is 3. The van der Waals surface area contributed by atoms with Crippen LogP contribution in [-0.2, 0) is 16.5 Å². The molecule has 0 amide bonds. The van der Waals surface area contributed by atoms with Gasteiger partial charge in [-0.1, -0.05) is 25.5 Å². The molecule has 0 aromatic heterocycles. The maximum Gasteiger partial charge on any atom is 0.294 e. The van der Waals surface area contributed by atoms with E-state index in [9.17, 15) is 13.0 Å². The van der Waals surface area contributed by atoms with Gasteiger partial charge >= 0.3 is 0 Å². The maximum atomic E-state index is 11.3. The molecule has 0 unspecified atom stereocenters. The summed E-state index contributed by atoms with van der Waals surface area (Å²) in [7, 11) is -4.16. The fraction of sp³-hybridized carbons (Fsp3) is 0.333. The van der Waals surface area contributed by atoms with Gasteiger partial charge in [-0.25, -0.2) is 0 Å². The molecule has 2 aromatic carbocycles. The van der Waals surface area contributed by atoms with E-state index in [0.717, 1.165) is 34.7 Å². The first-order valence-corrected chi connectivity index (χ1v) is 7.79. The van der Waals surface area contributed by atoms with E-state index in [1.807, 2.05) is 19.9 Å². The zero-order valence-corrected chi connectivity index (χ0v) is 12.2. The first-order chi connectivity index (χ1) is 8.84. The molecule has 3 nitrogen and oxygen atoms in total. The highest BCUT2D eigenvalue weighted by Crippen LogP contribution is 2.28. The van der Waals surface area contributed by atoms with Crippen LogP contribution < -0.4 is 0 Å². The smallest absolute Gasteiger partial charge is 0.282 e. The number of hydrogen-bond acceptors (Lipinski definition) is 2. The Morgan fingerprint density at radius 1 is 1.11 bits per heavy atom. The Kier molecular flexibility index (Phi) is 3.65. The van der Waals surface area contributed by atoms with E-state index in [0.29, 0.717) is 0 Å². The van der Waals surface area contributed by atoms with Gasteiger partial charge in [0.05, 0.1) is 4.90 Å². The molecule has 2 rings (SSSR count). The van der Waals surface area contributed by atoms with Crippen LogP contribution in [0.1, 0.15) is 30.0 Å². The van der Waals surface area contributed by atoms with Crippen LogP contribution in [0.15, 0.2) is 29.2 Å². The first kappa shape index (κ1) is 14.0. The van der Waals surface area contributed by atoms with Gasteiger partial charge in [0.2, 0.25) is 0 Å². The van der Waals surface area contributed by atoms with Crippen molar-refractivity contribution in [2.75, 3.05) is 0 Å². The summed E-state index contributed by atoms with van der Waals surface area (Å²) in [6.07, 6.45) is 2.01. The first-order valence-electron chi connectivity index (χ1n) is 6.35. The highest BCUT2D eigenvalue weighted by Gasteiger charge is 2.13. The molecule has 0 aliphatic carbocycles. The third kappa shape index (κ3) is 2.65. The summed E-state index contributed by atoms with van der Waals surface area (Å²) in [4.78, 5) is -0.0331. The summed E-state index contributed by atoms with van der Waals surface area (Å²) in [6, 6.07) is 7.19. The van der Waals surface area contributed by atoms with E-state index in [-0.39, 0.29) is 4.90 Å². The van der Waals surface area contributed by atoms with Gasteiger partial charge in [-0.05, 0) is 59.9 Å². The number of benzene rings is 2. The van der Waals surface area contributed by atoms with E-state index in [4.69, 9.17) is 0 Å². The maximum absolute atomic E-state index is 11.3. The predicted molar refractivity (Wildman–Crippen MR) is 77.2 cm³/mol. The quantitative estimate of drug-likeness (QED) is 0.872. The fourth-order valence-electron chi connectivity index (χ4n) is 2.47. The Morgan fingerprint density at radius 3 is 2.37 bits per heavy atom. The molecule has 1 N–H and O–H groups in total. The number of hydrogen-bond donors (Lipinski definition) is 1. The van der Waals surface area contributed by atoms with Gasteiger partial charge in [0.1, 0.15) is 0 Å². The predicted octanol–water partition coefficient (Wildman–Crippen LogP) is 3.66. The summed E-state index contributed by atoms with van der Waals surface area (Å²) in [5.74, 6) is 0. The molecular formula is C15H18O3S. The van der Waals surface area contributed by atoms with E-state index in [1.54, 1.807) is 6.07 Å². The molecule has 0 atom stereocenters. The average molecular weight is 278 g/mol. The van der Waals surface area contributed by atoms with Crippen molar-refractivity contribution in [2.45, 2.75) is 38.5 Å². The van der Waals surface area contributed by atoms with Gasteiger partial charge in [0.25, 0.3) is 10.1 Å². The van der Waals surface area contributed by atoms with Gasteiger partial charge in [0.15, 0.2) is 0 Å². The minimum absolute atomic E-state index is 0.0331. The molecule has 0 bridgehead atoms. The summed E-state index contributed by atoms with van der Waals surface area (Å²) in [6.45, 7) is 5.97. The van der Waals surface area contributed by atoms with Gasteiger partial charge < -0.3 is 0 Å². The largest absolute Gasteiger partial charge is 0.294 e. The zero-order chi connectivity index (χ0) is 14.2. The standard InChI is InChI=1S/C15H18O3S/c1-4-5-12-6-7-14-10(2)8-13(19(16,17)18)9-15(14)11(12)3/h6-9H,4-5H2,1-3H3,(H,16,17,18). The molecule has 0 saturated carbocycles. The lowest BCUT2D eigenvalue weighted by Crippen LogP contribution is -2.00. The lowest BCUT2D eigenvalue weighted by atomic mass is 9.95. The van der Waals surface area contributed by atoms with Crippen molar-refractivity contribution in [3.8, 4) is 0 Å². The van der Waals surface area contributed by atoms with Crippen molar-refractivity contribution >= 4 is 20.9 Å². The molecule has 19 heavy (non-hydrogen) atoms. The van der Waals surface area contributed by atoms with Crippen LogP contribution in [0.4, 0.5) is 0 Å². The summed E-state index contributed by atoms with van der Waals surface area (Å²) in [5.41, 5.74) is 3.17. The zero-order valence-electron chi connectivity index (χ0n) is 11.4. The van der Waals surface area contributed by atoms with E-state index in [2.05, 4.69) is 13.0 Å². The second-order valence-corrected chi connectivity index (χ2v) is 6.33. The van der Waals surface area contributed by atoms with Gasteiger partial charge in [-0.15, -0.1) is 0 Å². The van der Waals surface area contributed by atoms with Crippen LogP contribution in [0.25, 0.3) is 10.8 Å². The van der Waals surface area contributed by atoms with Gasteiger partial charge in [-0.2, -0.15) is 8.42 Å². The Balaban J connectivity index is 2.80.